The lowest BCUT2D eigenvalue weighted by Crippen LogP contribution is -2.42. The van der Waals surface area contributed by atoms with Crippen LogP contribution in [0.5, 0.6) is 0 Å². The van der Waals surface area contributed by atoms with Crippen LogP contribution >= 0.6 is 11.6 Å². The number of rotatable bonds is 7. The molecule has 40 heavy (non-hydrogen) atoms. The maximum absolute atomic E-state index is 14.2. The highest BCUT2D eigenvalue weighted by Crippen LogP contribution is 2.37. The molecule has 0 saturated carbocycles. The van der Waals surface area contributed by atoms with Gasteiger partial charge in [-0.2, -0.15) is 18.4 Å². The third kappa shape index (κ3) is 5.83. The summed E-state index contributed by atoms with van der Waals surface area (Å²) in [5.41, 5.74) is 8.19. The van der Waals surface area contributed by atoms with E-state index in [1.54, 1.807) is 36.7 Å². The second-order valence-corrected chi connectivity index (χ2v) is 9.26. The number of fused-ring (bicyclic) bond motifs is 1. The topological polar surface area (TPSA) is 114 Å². The van der Waals surface area contributed by atoms with Crippen LogP contribution in [-0.2, 0) is 0 Å². The van der Waals surface area contributed by atoms with Crippen LogP contribution in [0.15, 0.2) is 67.0 Å². The van der Waals surface area contributed by atoms with Crippen molar-refractivity contribution in [3.05, 3.63) is 94.7 Å². The van der Waals surface area contributed by atoms with Gasteiger partial charge >= 0.3 is 6.18 Å². The van der Waals surface area contributed by atoms with Gasteiger partial charge in [0.15, 0.2) is 0 Å². The molecule has 0 amide bonds. The normalized spacial score (nSPS) is 13.9. The van der Waals surface area contributed by atoms with Crippen LogP contribution in [0.2, 0.25) is 5.02 Å². The second-order valence-electron chi connectivity index (χ2n) is 8.86. The number of nitrogens with one attached hydrogen (secondary N) is 4. The predicted octanol–water partition coefficient (Wildman–Crippen LogP) is 5.62. The van der Waals surface area contributed by atoms with E-state index in [1.807, 2.05) is 0 Å². The quantitative estimate of drug-likeness (QED) is 0.210. The number of alkyl halides is 3. The van der Waals surface area contributed by atoms with Gasteiger partial charge in [-0.1, -0.05) is 17.7 Å². The van der Waals surface area contributed by atoms with Gasteiger partial charge in [0.2, 0.25) is 0 Å². The number of anilines is 3. The SMILES string of the molecule is Cc1ncc(Nc2c(C#N)cnc3c(Cl)cc(N[C@H](C4=CN(CC(F)(F)F)NN4)c4cccnc4)cc23)cc1F. The number of pyridine rings is 3. The van der Waals surface area contributed by atoms with Crippen LogP contribution < -0.4 is 21.6 Å². The average Bonchev–Trinajstić information content (AvgIpc) is 3.36. The molecule has 0 spiro atoms. The molecule has 4 heterocycles. The molecule has 9 nitrogen and oxygen atoms in total. The van der Waals surface area contributed by atoms with Crippen LogP contribution in [0.1, 0.15) is 22.9 Å². The van der Waals surface area contributed by atoms with Gasteiger partial charge in [0.1, 0.15) is 18.4 Å². The lowest BCUT2D eigenvalue weighted by Gasteiger charge is -2.22. The average molecular weight is 570 g/mol. The Labute approximate surface area is 230 Å². The number of halogens is 5. The van der Waals surface area contributed by atoms with Gasteiger partial charge in [0, 0.05) is 41.9 Å². The zero-order valence-electron chi connectivity index (χ0n) is 20.7. The Bertz CT molecular complexity index is 1640. The third-order valence-corrected chi connectivity index (χ3v) is 6.26. The molecule has 1 aliphatic heterocycles. The number of hydrazine groups is 2. The predicted molar refractivity (Wildman–Crippen MR) is 141 cm³/mol. The summed E-state index contributed by atoms with van der Waals surface area (Å²) in [6.07, 6.45) is 2.83. The standard InChI is InChI=1S/C26H20ClF4N9/c1-14-21(28)7-18(11-34-14)37-23-16(8-32)10-35-25-19(23)5-17(6-20(25)27)36-24(15-3-2-4-33-9-15)22-12-40(39-38-22)13-26(29,30)31/h2-7,9-12,24,36,38-39H,13H2,1H3,(H,35,37)/t24-/m0/s1. The Kier molecular flexibility index (Phi) is 7.29. The van der Waals surface area contributed by atoms with Gasteiger partial charge in [-0.25, -0.2) is 4.39 Å². The third-order valence-electron chi connectivity index (χ3n) is 5.97. The summed E-state index contributed by atoms with van der Waals surface area (Å²) < 4.78 is 53.1. The fraction of sp³-hybridized carbons (Fsp3) is 0.154. The molecule has 0 radical (unpaired) electrons. The van der Waals surface area contributed by atoms with E-state index in [1.165, 1.54) is 31.6 Å². The van der Waals surface area contributed by atoms with Crippen LogP contribution in [0.25, 0.3) is 10.9 Å². The molecule has 3 aromatic heterocycles. The molecule has 0 saturated heterocycles. The van der Waals surface area contributed by atoms with E-state index >= 15 is 0 Å². The molecule has 0 fully saturated rings. The minimum Gasteiger partial charge on any atom is -0.373 e. The van der Waals surface area contributed by atoms with E-state index in [-0.39, 0.29) is 16.3 Å². The van der Waals surface area contributed by atoms with Gasteiger partial charge < -0.3 is 16.1 Å². The van der Waals surface area contributed by atoms with E-state index in [0.29, 0.717) is 39.2 Å². The monoisotopic (exact) mass is 569 g/mol. The smallest absolute Gasteiger partial charge is 0.373 e. The highest BCUT2D eigenvalue weighted by molar-refractivity contribution is 6.36. The minimum absolute atomic E-state index is 0.178. The van der Waals surface area contributed by atoms with Crippen LogP contribution in [0.3, 0.4) is 0 Å². The first kappa shape index (κ1) is 26.9. The highest BCUT2D eigenvalue weighted by Gasteiger charge is 2.33. The van der Waals surface area contributed by atoms with E-state index in [4.69, 9.17) is 11.6 Å². The first-order valence-electron chi connectivity index (χ1n) is 11.8. The van der Waals surface area contributed by atoms with Gasteiger partial charge in [-0.05, 0) is 30.7 Å². The largest absolute Gasteiger partial charge is 0.407 e. The van der Waals surface area contributed by atoms with Crippen molar-refractivity contribution in [2.75, 3.05) is 17.2 Å². The van der Waals surface area contributed by atoms with Gasteiger partial charge in [-0.3, -0.25) is 20.0 Å². The zero-order valence-corrected chi connectivity index (χ0v) is 21.4. The first-order valence-corrected chi connectivity index (χ1v) is 12.1. The van der Waals surface area contributed by atoms with Gasteiger partial charge in [0.05, 0.1) is 51.1 Å². The maximum atomic E-state index is 14.2. The summed E-state index contributed by atoms with van der Waals surface area (Å²) in [4.78, 5) is 12.5. The fourth-order valence-corrected chi connectivity index (χ4v) is 4.40. The van der Waals surface area contributed by atoms with Gasteiger partial charge in [0.25, 0.3) is 0 Å². The van der Waals surface area contributed by atoms with Crippen molar-refractivity contribution < 1.29 is 17.6 Å². The molecule has 1 aromatic carbocycles. The van der Waals surface area contributed by atoms with Crippen molar-refractivity contribution >= 4 is 39.6 Å². The summed E-state index contributed by atoms with van der Waals surface area (Å²) in [6, 6.07) is 9.43. The second kappa shape index (κ2) is 10.8. The van der Waals surface area contributed by atoms with Crippen molar-refractivity contribution in [1.29, 1.82) is 5.26 Å². The van der Waals surface area contributed by atoms with Gasteiger partial charge in [-0.15, -0.1) is 5.53 Å². The maximum Gasteiger partial charge on any atom is 0.407 e. The lowest BCUT2D eigenvalue weighted by molar-refractivity contribution is -0.145. The molecule has 1 aliphatic rings. The highest BCUT2D eigenvalue weighted by atomic mass is 35.5. The molecule has 1 atom stereocenters. The van der Waals surface area contributed by atoms with E-state index < -0.39 is 24.6 Å². The first-order chi connectivity index (χ1) is 19.1. The van der Waals surface area contributed by atoms with E-state index in [0.717, 1.165) is 5.01 Å². The van der Waals surface area contributed by atoms with Crippen molar-refractivity contribution in [2.24, 2.45) is 0 Å². The van der Waals surface area contributed by atoms with Crippen LogP contribution in [0, 0.1) is 24.1 Å². The molecule has 204 valence electrons. The number of nitrogens with zero attached hydrogens (tertiary/aromatic N) is 5. The molecule has 4 N–H and O–H groups in total. The van der Waals surface area contributed by atoms with Crippen molar-refractivity contribution in [3.8, 4) is 6.07 Å². The summed E-state index contributed by atoms with van der Waals surface area (Å²) in [5.74, 6) is -0.521. The van der Waals surface area contributed by atoms with Crippen molar-refractivity contribution in [3.63, 3.8) is 0 Å². The summed E-state index contributed by atoms with van der Waals surface area (Å²) in [7, 11) is 0. The molecule has 0 unspecified atom stereocenters. The zero-order chi connectivity index (χ0) is 28.4. The van der Waals surface area contributed by atoms with Crippen molar-refractivity contribution in [1.82, 2.24) is 30.9 Å². The Morgan fingerprint density at radius 2 is 1.98 bits per heavy atom. The van der Waals surface area contributed by atoms with Crippen LogP contribution in [-0.4, -0.2) is 32.7 Å². The molecule has 14 heteroatoms. The van der Waals surface area contributed by atoms with E-state index in [2.05, 4.69) is 42.6 Å². The molecule has 4 aromatic rings. The van der Waals surface area contributed by atoms with Crippen molar-refractivity contribution in [2.45, 2.75) is 19.1 Å². The number of aryl methyl sites for hydroxylation is 1. The summed E-state index contributed by atoms with van der Waals surface area (Å²) in [5, 5.41) is 17.7. The number of nitriles is 1. The lowest BCUT2D eigenvalue weighted by atomic mass is 10.0. The number of benzene rings is 1. The molecule has 0 aliphatic carbocycles. The Morgan fingerprint density at radius 3 is 2.67 bits per heavy atom. The number of aromatic nitrogens is 3. The molecule has 5 rings (SSSR count). The number of hydrogen-bond acceptors (Lipinski definition) is 9. The van der Waals surface area contributed by atoms with E-state index in [9.17, 15) is 22.8 Å². The molecular weight excluding hydrogens is 550 g/mol. The molecular formula is C26H20ClF4N9. The molecule has 0 bridgehead atoms. The van der Waals surface area contributed by atoms with Crippen LogP contribution in [0.4, 0.5) is 34.6 Å². The summed E-state index contributed by atoms with van der Waals surface area (Å²) >= 11 is 6.59. The Balaban J connectivity index is 1.56. The Hall–Kier alpha value is -4.67. The Morgan fingerprint density at radius 1 is 1.15 bits per heavy atom. The summed E-state index contributed by atoms with van der Waals surface area (Å²) in [6.45, 7) is 0.321. The number of hydrogen-bond donors (Lipinski definition) is 4. The fourth-order valence-electron chi connectivity index (χ4n) is 4.13. The minimum atomic E-state index is -4.42.